The number of ether oxygens (including phenoxy) is 4. The summed E-state index contributed by atoms with van der Waals surface area (Å²) < 4.78 is 32.6. The Morgan fingerprint density at radius 2 is 1.93 bits per heavy atom. The number of furan rings is 1. The highest BCUT2D eigenvalue weighted by atomic mass is 16.6. The predicted molar refractivity (Wildman–Crippen MR) is 94.6 cm³/mol. The number of rotatable bonds is 5. The van der Waals surface area contributed by atoms with Gasteiger partial charge in [0.25, 0.3) is 11.8 Å². The monoisotopic (exact) mass is 386 g/mol. The van der Waals surface area contributed by atoms with Crippen molar-refractivity contribution in [2.24, 2.45) is 0 Å². The molecule has 3 aromatic rings. The molecule has 0 aliphatic carbocycles. The number of aromatic nitrogens is 2. The van der Waals surface area contributed by atoms with Gasteiger partial charge in [-0.2, -0.15) is 0 Å². The average Bonchev–Trinajstić information content (AvgIpc) is 3.30. The Bertz CT molecular complexity index is 1000. The molecule has 0 radical (unpaired) electrons. The van der Waals surface area contributed by atoms with Gasteiger partial charge in [-0.3, -0.25) is 0 Å². The third-order valence-electron chi connectivity index (χ3n) is 4.13. The number of benzene rings is 1. The van der Waals surface area contributed by atoms with E-state index in [-0.39, 0.29) is 18.1 Å². The molecule has 0 spiro atoms. The summed E-state index contributed by atoms with van der Waals surface area (Å²) in [5.41, 5.74) is 0.973. The standard InChI is InChI=1S/C19H18N2O7/c1-10-6-13(11(2)27-10)18-21-20-16(28-18)9-26-19(22)12-7-14(23-3)17-15(8-12)24-4-5-25-17/h6-8H,4-5,9H2,1-3H3. The number of fused-ring (bicyclic) bond motifs is 1. The molecular weight excluding hydrogens is 368 g/mol. The zero-order chi connectivity index (χ0) is 19.7. The van der Waals surface area contributed by atoms with E-state index in [4.69, 9.17) is 27.8 Å². The Morgan fingerprint density at radius 3 is 2.68 bits per heavy atom. The van der Waals surface area contributed by atoms with Gasteiger partial charge in [-0.25, -0.2) is 4.79 Å². The lowest BCUT2D eigenvalue weighted by Gasteiger charge is -2.21. The van der Waals surface area contributed by atoms with E-state index in [1.54, 1.807) is 12.1 Å². The van der Waals surface area contributed by atoms with Crippen molar-refractivity contribution in [3.05, 3.63) is 41.2 Å². The number of hydrogen-bond acceptors (Lipinski definition) is 9. The molecular formula is C19H18N2O7. The largest absolute Gasteiger partial charge is 0.493 e. The minimum Gasteiger partial charge on any atom is -0.493 e. The summed E-state index contributed by atoms with van der Waals surface area (Å²) in [4.78, 5) is 12.4. The third kappa shape index (κ3) is 3.38. The molecule has 0 N–H and O–H groups in total. The molecule has 0 saturated heterocycles. The maximum absolute atomic E-state index is 12.4. The van der Waals surface area contributed by atoms with Crippen molar-refractivity contribution in [2.45, 2.75) is 20.5 Å². The van der Waals surface area contributed by atoms with Crippen molar-refractivity contribution in [3.8, 4) is 28.7 Å². The molecule has 4 rings (SSSR count). The van der Waals surface area contributed by atoms with Crippen LogP contribution in [0, 0.1) is 13.8 Å². The average molecular weight is 386 g/mol. The highest BCUT2D eigenvalue weighted by Gasteiger charge is 2.22. The van der Waals surface area contributed by atoms with Gasteiger partial charge in [-0.05, 0) is 32.0 Å². The van der Waals surface area contributed by atoms with E-state index >= 15 is 0 Å². The molecule has 28 heavy (non-hydrogen) atoms. The predicted octanol–water partition coefficient (Wildman–Crippen LogP) is 3.08. The van der Waals surface area contributed by atoms with E-state index in [1.807, 2.05) is 13.8 Å². The number of esters is 1. The van der Waals surface area contributed by atoms with Crippen LogP contribution in [0.25, 0.3) is 11.5 Å². The van der Waals surface area contributed by atoms with Crippen LogP contribution in [0.1, 0.15) is 27.8 Å². The quantitative estimate of drug-likeness (QED) is 0.611. The van der Waals surface area contributed by atoms with Crippen molar-refractivity contribution in [3.63, 3.8) is 0 Å². The number of hydrogen-bond donors (Lipinski definition) is 0. The molecule has 1 aromatic carbocycles. The molecule has 1 aliphatic rings. The summed E-state index contributed by atoms with van der Waals surface area (Å²) in [5, 5.41) is 7.88. The van der Waals surface area contributed by atoms with Crippen LogP contribution in [0.3, 0.4) is 0 Å². The molecule has 0 amide bonds. The van der Waals surface area contributed by atoms with Gasteiger partial charge in [-0.15, -0.1) is 10.2 Å². The van der Waals surface area contributed by atoms with Crippen molar-refractivity contribution >= 4 is 5.97 Å². The maximum atomic E-state index is 12.4. The normalized spacial score (nSPS) is 12.7. The zero-order valence-corrected chi connectivity index (χ0v) is 15.6. The van der Waals surface area contributed by atoms with Crippen LogP contribution in [0.4, 0.5) is 0 Å². The molecule has 146 valence electrons. The fraction of sp³-hybridized carbons (Fsp3) is 0.316. The summed E-state index contributed by atoms with van der Waals surface area (Å²) in [6, 6.07) is 4.89. The molecule has 0 fully saturated rings. The second-order valence-corrected chi connectivity index (χ2v) is 6.11. The summed E-state index contributed by atoms with van der Waals surface area (Å²) >= 11 is 0. The van der Waals surface area contributed by atoms with Gasteiger partial charge in [0.15, 0.2) is 18.1 Å². The van der Waals surface area contributed by atoms with Crippen molar-refractivity contribution < 1.29 is 32.6 Å². The van der Waals surface area contributed by atoms with Gasteiger partial charge in [0, 0.05) is 0 Å². The first-order valence-corrected chi connectivity index (χ1v) is 8.59. The Kier molecular flexibility index (Phi) is 4.64. The number of aryl methyl sites for hydroxylation is 2. The molecule has 0 bridgehead atoms. The first kappa shape index (κ1) is 17.9. The lowest BCUT2D eigenvalue weighted by Crippen LogP contribution is -2.17. The first-order chi connectivity index (χ1) is 13.5. The Balaban J connectivity index is 1.47. The van der Waals surface area contributed by atoms with Crippen LogP contribution in [0.5, 0.6) is 17.2 Å². The van der Waals surface area contributed by atoms with Crippen LogP contribution in [0.15, 0.2) is 27.0 Å². The van der Waals surface area contributed by atoms with Crippen molar-refractivity contribution in [1.82, 2.24) is 10.2 Å². The molecule has 3 heterocycles. The number of carbonyl (C=O) groups excluding carboxylic acids is 1. The summed E-state index contributed by atoms with van der Waals surface area (Å²) in [6.45, 7) is 4.28. The van der Waals surface area contributed by atoms with E-state index in [0.29, 0.717) is 47.7 Å². The van der Waals surface area contributed by atoms with Gasteiger partial charge >= 0.3 is 5.97 Å². The molecule has 1 aliphatic heterocycles. The zero-order valence-electron chi connectivity index (χ0n) is 15.6. The smallest absolute Gasteiger partial charge is 0.338 e. The van der Waals surface area contributed by atoms with Crippen LogP contribution < -0.4 is 14.2 Å². The molecule has 0 saturated carbocycles. The van der Waals surface area contributed by atoms with Crippen LogP contribution >= 0.6 is 0 Å². The SMILES string of the molecule is COc1cc(C(=O)OCc2nnc(-c3cc(C)oc3C)o2)cc2c1OCCO2. The van der Waals surface area contributed by atoms with E-state index < -0.39 is 5.97 Å². The Hall–Kier alpha value is -3.49. The number of methoxy groups -OCH3 is 1. The van der Waals surface area contributed by atoms with Gasteiger partial charge in [0.05, 0.1) is 18.2 Å². The molecule has 0 atom stereocenters. The van der Waals surface area contributed by atoms with E-state index in [0.717, 1.165) is 5.76 Å². The summed E-state index contributed by atoms with van der Waals surface area (Å²) in [5.74, 6) is 2.62. The fourth-order valence-corrected chi connectivity index (χ4v) is 2.87. The summed E-state index contributed by atoms with van der Waals surface area (Å²) in [6.07, 6.45) is 0. The molecule has 9 heteroatoms. The number of carbonyl (C=O) groups is 1. The lowest BCUT2D eigenvalue weighted by molar-refractivity contribution is 0.0437. The maximum Gasteiger partial charge on any atom is 0.338 e. The fourth-order valence-electron chi connectivity index (χ4n) is 2.87. The van der Waals surface area contributed by atoms with Crippen LogP contribution in [0.2, 0.25) is 0 Å². The van der Waals surface area contributed by atoms with Gasteiger partial charge < -0.3 is 27.8 Å². The Morgan fingerprint density at radius 1 is 1.11 bits per heavy atom. The van der Waals surface area contributed by atoms with E-state index in [2.05, 4.69) is 10.2 Å². The molecule has 9 nitrogen and oxygen atoms in total. The third-order valence-corrected chi connectivity index (χ3v) is 4.13. The minimum atomic E-state index is -0.578. The highest BCUT2D eigenvalue weighted by molar-refractivity contribution is 5.91. The van der Waals surface area contributed by atoms with Crippen LogP contribution in [-0.4, -0.2) is 36.5 Å². The van der Waals surface area contributed by atoms with E-state index in [1.165, 1.54) is 13.2 Å². The molecule has 2 aromatic heterocycles. The van der Waals surface area contributed by atoms with E-state index in [9.17, 15) is 4.79 Å². The van der Waals surface area contributed by atoms with Gasteiger partial charge in [-0.1, -0.05) is 0 Å². The lowest BCUT2D eigenvalue weighted by atomic mass is 10.1. The van der Waals surface area contributed by atoms with Crippen LogP contribution in [-0.2, 0) is 11.3 Å². The highest BCUT2D eigenvalue weighted by Crippen LogP contribution is 2.40. The second-order valence-electron chi connectivity index (χ2n) is 6.11. The Labute approximate surface area is 160 Å². The first-order valence-electron chi connectivity index (χ1n) is 8.59. The summed E-state index contributed by atoms with van der Waals surface area (Å²) in [7, 11) is 1.49. The van der Waals surface area contributed by atoms with Crippen molar-refractivity contribution in [2.75, 3.05) is 20.3 Å². The molecule has 0 unspecified atom stereocenters. The second kappa shape index (κ2) is 7.26. The van der Waals surface area contributed by atoms with Gasteiger partial charge in [0.1, 0.15) is 24.7 Å². The van der Waals surface area contributed by atoms with Crippen molar-refractivity contribution in [1.29, 1.82) is 0 Å². The number of nitrogens with zero attached hydrogens (tertiary/aromatic N) is 2. The topological polar surface area (TPSA) is 106 Å². The van der Waals surface area contributed by atoms with Gasteiger partial charge in [0.2, 0.25) is 5.75 Å². The minimum absolute atomic E-state index is 0.168.